The summed E-state index contributed by atoms with van der Waals surface area (Å²) in [5.41, 5.74) is 2.59. The quantitative estimate of drug-likeness (QED) is 0.0998. The average molecular weight is 697 g/mol. The molecule has 48 heavy (non-hydrogen) atoms. The first-order valence-corrected chi connectivity index (χ1v) is 16.3. The topological polar surface area (TPSA) is 106 Å². The molecule has 6 rings (SSSR count). The molecule has 1 unspecified atom stereocenters. The standard InChI is InChI=1S/C37H27Cl2N3O5S/c38-29-16-7-13-25(33(29)39)19-30(42-35(43)24-11-5-2-6-12-24)36(44)40-26-14-8-15-28(20-26)48-34(23-9-3-1-4-10-23)37(45)41-27-17-18-31-32(21-27)47-22-46-31/h1-21,34H,22H2,(H,40,44)(H,41,45)(H,42,43)/b30-19+. The summed E-state index contributed by atoms with van der Waals surface area (Å²) in [6.07, 6.45) is 1.47. The lowest BCUT2D eigenvalue weighted by Gasteiger charge is -2.18. The lowest BCUT2D eigenvalue weighted by molar-refractivity contribution is -0.116. The van der Waals surface area contributed by atoms with Crippen LogP contribution < -0.4 is 25.4 Å². The van der Waals surface area contributed by atoms with Gasteiger partial charge >= 0.3 is 0 Å². The highest BCUT2D eigenvalue weighted by atomic mass is 35.5. The third kappa shape index (κ3) is 8.01. The van der Waals surface area contributed by atoms with E-state index in [2.05, 4.69) is 16.0 Å². The number of ether oxygens (including phenoxy) is 2. The third-order valence-electron chi connectivity index (χ3n) is 7.14. The predicted molar refractivity (Wildman–Crippen MR) is 190 cm³/mol. The molecule has 11 heteroatoms. The van der Waals surface area contributed by atoms with Crippen LogP contribution >= 0.6 is 35.0 Å². The van der Waals surface area contributed by atoms with Crippen molar-refractivity contribution in [2.45, 2.75) is 10.1 Å². The Balaban J connectivity index is 1.23. The second-order valence-electron chi connectivity index (χ2n) is 10.5. The molecule has 8 nitrogen and oxygen atoms in total. The van der Waals surface area contributed by atoms with Gasteiger partial charge in [0.2, 0.25) is 12.7 Å². The van der Waals surface area contributed by atoms with Gasteiger partial charge in [0.05, 0.1) is 10.0 Å². The van der Waals surface area contributed by atoms with Gasteiger partial charge in [-0.15, -0.1) is 11.8 Å². The van der Waals surface area contributed by atoms with Crippen molar-refractivity contribution in [3.05, 3.63) is 154 Å². The van der Waals surface area contributed by atoms with Gasteiger partial charge in [0.1, 0.15) is 10.9 Å². The number of benzene rings is 5. The minimum absolute atomic E-state index is 0.0451. The molecule has 1 atom stereocenters. The van der Waals surface area contributed by atoms with E-state index in [9.17, 15) is 14.4 Å². The molecule has 1 aliphatic heterocycles. The van der Waals surface area contributed by atoms with E-state index in [-0.39, 0.29) is 23.4 Å². The normalized spacial score (nSPS) is 12.6. The maximum absolute atomic E-state index is 13.7. The lowest BCUT2D eigenvalue weighted by Crippen LogP contribution is -2.30. The molecule has 5 aromatic carbocycles. The number of anilines is 2. The van der Waals surface area contributed by atoms with Crippen molar-refractivity contribution in [1.82, 2.24) is 5.32 Å². The first kappa shape index (κ1) is 32.7. The van der Waals surface area contributed by atoms with E-state index in [1.807, 2.05) is 36.4 Å². The monoisotopic (exact) mass is 695 g/mol. The van der Waals surface area contributed by atoms with E-state index in [0.29, 0.717) is 39.0 Å². The van der Waals surface area contributed by atoms with Gasteiger partial charge in [-0.1, -0.05) is 89.9 Å². The Hall–Kier alpha value is -5.22. The zero-order valence-electron chi connectivity index (χ0n) is 25.1. The number of amides is 3. The number of hydrogen-bond donors (Lipinski definition) is 3. The summed E-state index contributed by atoms with van der Waals surface area (Å²) in [6, 6.07) is 35.3. The SMILES string of the molecule is O=C(Nc1cccc(SC(C(=O)Nc2ccc3c(c2)OCO3)c2ccccc2)c1)/C(=C\c1cccc(Cl)c1Cl)NC(=O)c1ccccc1. The van der Waals surface area contributed by atoms with Crippen molar-refractivity contribution in [2.24, 2.45) is 0 Å². The average Bonchev–Trinajstić information content (AvgIpc) is 3.58. The number of fused-ring (bicyclic) bond motifs is 1. The molecule has 1 aliphatic rings. The summed E-state index contributed by atoms with van der Waals surface area (Å²) >= 11 is 13.9. The van der Waals surface area contributed by atoms with Crippen LogP contribution in [-0.4, -0.2) is 24.5 Å². The molecule has 0 spiro atoms. The van der Waals surface area contributed by atoms with Crippen molar-refractivity contribution in [1.29, 1.82) is 0 Å². The largest absolute Gasteiger partial charge is 0.454 e. The number of carbonyl (C=O) groups excluding carboxylic acids is 3. The van der Waals surface area contributed by atoms with Gasteiger partial charge in [0.25, 0.3) is 11.8 Å². The molecule has 0 saturated carbocycles. The maximum Gasteiger partial charge on any atom is 0.272 e. The number of thioether (sulfide) groups is 1. The van der Waals surface area contributed by atoms with Crippen molar-refractivity contribution < 1.29 is 23.9 Å². The summed E-state index contributed by atoms with van der Waals surface area (Å²) in [4.78, 5) is 41.1. The molecular weight excluding hydrogens is 669 g/mol. The summed E-state index contributed by atoms with van der Waals surface area (Å²) in [7, 11) is 0. The van der Waals surface area contributed by atoms with Crippen LogP contribution in [0.2, 0.25) is 10.0 Å². The molecule has 0 fully saturated rings. The van der Waals surface area contributed by atoms with Crippen molar-refractivity contribution in [3.8, 4) is 11.5 Å². The molecule has 3 amide bonds. The van der Waals surface area contributed by atoms with Crippen LogP contribution in [0.25, 0.3) is 6.08 Å². The molecule has 0 saturated heterocycles. The van der Waals surface area contributed by atoms with E-state index < -0.39 is 17.1 Å². The van der Waals surface area contributed by atoms with Gasteiger partial charge in [-0.2, -0.15) is 0 Å². The van der Waals surface area contributed by atoms with Gasteiger partial charge in [0, 0.05) is 27.9 Å². The van der Waals surface area contributed by atoms with E-state index in [0.717, 1.165) is 10.5 Å². The summed E-state index contributed by atoms with van der Waals surface area (Å²) in [6.45, 7) is 0.132. The number of rotatable bonds is 10. The molecular formula is C37H27Cl2N3O5S. The van der Waals surface area contributed by atoms with Gasteiger partial charge in [-0.25, -0.2) is 0 Å². The van der Waals surface area contributed by atoms with Crippen LogP contribution in [0.3, 0.4) is 0 Å². The van der Waals surface area contributed by atoms with Crippen LogP contribution in [0.4, 0.5) is 11.4 Å². The number of hydrogen-bond acceptors (Lipinski definition) is 6. The first-order chi connectivity index (χ1) is 23.3. The molecule has 3 N–H and O–H groups in total. The summed E-state index contributed by atoms with van der Waals surface area (Å²) in [5, 5.41) is 8.46. The fraction of sp³-hybridized carbons (Fsp3) is 0.0541. The minimum atomic E-state index is -0.631. The predicted octanol–water partition coefficient (Wildman–Crippen LogP) is 8.60. The molecule has 0 aromatic heterocycles. The van der Waals surface area contributed by atoms with Crippen LogP contribution in [0.1, 0.15) is 26.7 Å². The van der Waals surface area contributed by atoms with Gasteiger partial charge in [0.15, 0.2) is 11.5 Å². The highest BCUT2D eigenvalue weighted by Gasteiger charge is 2.24. The number of carbonyl (C=O) groups is 3. The molecule has 1 heterocycles. The zero-order chi connectivity index (χ0) is 33.5. The fourth-order valence-electron chi connectivity index (χ4n) is 4.79. The first-order valence-electron chi connectivity index (χ1n) is 14.7. The van der Waals surface area contributed by atoms with Gasteiger partial charge < -0.3 is 25.4 Å². The van der Waals surface area contributed by atoms with Crippen molar-refractivity contribution in [3.63, 3.8) is 0 Å². The zero-order valence-corrected chi connectivity index (χ0v) is 27.4. The highest BCUT2D eigenvalue weighted by molar-refractivity contribution is 8.00. The lowest BCUT2D eigenvalue weighted by atomic mass is 10.1. The fourth-order valence-corrected chi connectivity index (χ4v) is 6.24. The molecule has 0 aliphatic carbocycles. The van der Waals surface area contributed by atoms with E-state index in [1.165, 1.54) is 17.8 Å². The summed E-state index contributed by atoms with van der Waals surface area (Å²) in [5.74, 6) is -0.122. The van der Waals surface area contributed by atoms with Crippen LogP contribution in [0.15, 0.2) is 132 Å². The Labute approximate surface area is 291 Å². The Kier molecular flexibility index (Phi) is 10.3. The van der Waals surface area contributed by atoms with Crippen molar-refractivity contribution >= 4 is 70.1 Å². The van der Waals surface area contributed by atoms with Crippen LogP contribution in [0.5, 0.6) is 11.5 Å². The molecule has 5 aromatic rings. The number of halogens is 2. The smallest absolute Gasteiger partial charge is 0.272 e. The van der Waals surface area contributed by atoms with Gasteiger partial charge in [-0.05, 0) is 65.7 Å². The van der Waals surface area contributed by atoms with E-state index in [1.54, 1.807) is 84.9 Å². The Bertz CT molecular complexity index is 2010. The highest BCUT2D eigenvalue weighted by Crippen LogP contribution is 2.39. The third-order valence-corrected chi connectivity index (χ3v) is 9.22. The maximum atomic E-state index is 13.7. The Morgan fingerprint density at radius 2 is 1.44 bits per heavy atom. The molecule has 0 radical (unpaired) electrons. The Morgan fingerprint density at radius 1 is 0.729 bits per heavy atom. The Morgan fingerprint density at radius 3 is 2.23 bits per heavy atom. The number of nitrogens with one attached hydrogen (secondary N) is 3. The summed E-state index contributed by atoms with van der Waals surface area (Å²) < 4.78 is 10.8. The van der Waals surface area contributed by atoms with E-state index in [4.69, 9.17) is 32.7 Å². The molecule has 0 bridgehead atoms. The second-order valence-corrected chi connectivity index (χ2v) is 12.4. The van der Waals surface area contributed by atoms with Crippen LogP contribution in [-0.2, 0) is 9.59 Å². The van der Waals surface area contributed by atoms with E-state index >= 15 is 0 Å². The second kappa shape index (κ2) is 15.1. The van der Waals surface area contributed by atoms with Crippen LogP contribution in [0, 0.1) is 0 Å². The van der Waals surface area contributed by atoms with Crippen molar-refractivity contribution in [2.75, 3.05) is 17.4 Å². The minimum Gasteiger partial charge on any atom is -0.454 e. The van der Waals surface area contributed by atoms with Gasteiger partial charge in [-0.3, -0.25) is 14.4 Å². The molecule has 240 valence electrons.